The lowest BCUT2D eigenvalue weighted by Crippen LogP contribution is -2.44. The Morgan fingerprint density at radius 3 is 2.04 bits per heavy atom. The third kappa shape index (κ3) is 7.71. The first-order valence-electron chi connectivity index (χ1n) is 19.5. The van der Waals surface area contributed by atoms with Crippen LogP contribution in [-0.2, 0) is 19.1 Å². The van der Waals surface area contributed by atoms with E-state index in [0.29, 0.717) is 41.4 Å². The minimum absolute atomic E-state index is 0.0133. The topological polar surface area (TPSA) is 185 Å². The molecule has 15 nitrogen and oxygen atoms in total. The maximum absolute atomic E-state index is 13.6. The Bertz CT molecular complexity index is 2150. The fourth-order valence-corrected chi connectivity index (χ4v) is 8.72. The Balaban J connectivity index is 0.000000209. The largest absolute Gasteiger partial charge is 0.383 e. The average Bonchev–Trinajstić information content (AvgIpc) is 4.03. The lowest BCUT2D eigenvalue weighted by atomic mass is 9.94. The predicted octanol–water partition coefficient (Wildman–Crippen LogP) is 6.48. The van der Waals surface area contributed by atoms with Crippen LogP contribution >= 0.6 is 15.9 Å². The van der Waals surface area contributed by atoms with Gasteiger partial charge in [-0.05, 0) is 104 Å². The van der Waals surface area contributed by atoms with Gasteiger partial charge < -0.3 is 36.1 Å². The molecule has 4 fully saturated rings. The fourth-order valence-electron chi connectivity index (χ4n) is 8.22. The Morgan fingerprint density at radius 1 is 0.745 bits per heavy atom. The highest BCUT2D eigenvalue weighted by molar-refractivity contribution is 9.10. The smallest absolute Gasteiger partial charge is 0.314 e. The van der Waals surface area contributed by atoms with Gasteiger partial charge in [0.05, 0.1) is 51.1 Å². The molecule has 1 aromatic carbocycles. The van der Waals surface area contributed by atoms with Gasteiger partial charge in [0, 0.05) is 44.7 Å². The number of fused-ring (bicyclic) bond motifs is 2. The molecule has 0 bridgehead atoms. The molecule has 3 unspecified atom stereocenters. The van der Waals surface area contributed by atoms with Gasteiger partial charge in [0.15, 0.2) is 12.5 Å². The van der Waals surface area contributed by atoms with E-state index in [2.05, 4.69) is 70.6 Å². The summed E-state index contributed by atoms with van der Waals surface area (Å²) < 4.78 is 16.2. The number of nitrogen functional groups attached to an aromatic ring is 2. The second kappa shape index (κ2) is 16.5. The van der Waals surface area contributed by atoms with Crippen LogP contribution in [0, 0.1) is 0 Å². The number of ether oxygens (including phenoxy) is 2. The van der Waals surface area contributed by atoms with Crippen LogP contribution in [0.1, 0.15) is 94.7 Å². The third-order valence-electron chi connectivity index (χ3n) is 11.1. The Hall–Kier alpha value is -4.80. The molecule has 4 saturated heterocycles. The Morgan fingerprint density at radius 2 is 1.36 bits per heavy atom. The van der Waals surface area contributed by atoms with E-state index >= 15 is 0 Å². The molecule has 5 aromatic rings. The van der Waals surface area contributed by atoms with Gasteiger partial charge in [-0.1, -0.05) is 12.1 Å². The normalized spacial score (nSPS) is 21.7. The molecular weight excluding hydrogens is 766 g/mol. The molecule has 55 heavy (non-hydrogen) atoms. The molecule has 4 aromatic heterocycles. The molecule has 0 radical (unpaired) electrons. The summed E-state index contributed by atoms with van der Waals surface area (Å²) in [6.45, 7) is 4.12. The number of nitrogens with one attached hydrogen (secondary N) is 1. The molecule has 0 saturated carbocycles. The Kier molecular flexibility index (Phi) is 11.2. The maximum Gasteiger partial charge on any atom is 0.314 e. The summed E-state index contributed by atoms with van der Waals surface area (Å²) in [5, 5.41) is 13.2. The van der Waals surface area contributed by atoms with Crippen molar-refractivity contribution < 1.29 is 19.1 Å². The lowest BCUT2D eigenvalue weighted by Gasteiger charge is -2.36. The zero-order valence-electron chi connectivity index (χ0n) is 30.9. The van der Waals surface area contributed by atoms with Crippen molar-refractivity contribution in [1.29, 1.82) is 0 Å². The summed E-state index contributed by atoms with van der Waals surface area (Å²) in [6.07, 6.45) is 17.6. The zero-order valence-corrected chi connectivity index (χ0v) is 32.5. The van der Waals surface area contributed by atoms with E-state index in [1.54, 1.807) is 28.2 Å². The maximum atomic E-state index is 13.6. The van der Waals surface area contributed by atoms with Crippen LogP contribution in [-0.4, -0.2) is 79.1 Å². The van der Waals surface area contributed by atoms with Gasteiger partial charge in [-0.15, -0.1) is 0 Å². The molecule has 3 atom stereocenters. The van der Waals surface area contributed by atoms with Gasteiger partial charge in [-0.3, -0.25) is 9.59 Å². The van der Waals surface area contributed by atoms with Crippen LogP contribution in [0.25, 0.3) is 21.8 Å². The van der Waals surface area contributed by atoms with E-state index < -0.39 is 11.8 Å². The highest BCUT2D eigenvalue weighted by Gasteiger charge is 2.33. The standard InChI is InChI=1S/C28H35N7O3.C11H13BrN4O/c29-26-21-17-31-35(24-11-2-6-15-38-24)25(21)22(18-30-26)32-27(36)28(37)34-14-3-1-10-23(34)19-8-7-9-20(16-19)33-12-4-5-13-33;12-8-6-14-11(13)7-5-15-16(10(7)8)9-3-1-2-4-17-9/h7-9,16-18,23-24H,1-6,10-15H2,(H2,29,30)(H,32,36);5-6,9H,1-4H2,(H2,13,14). The number of hydrogen-bond donors (Lipinski definition) is 3. The van der Waals surface area contributed by atoms with E-state index in [4.69, 9.17) is 20.9 Å². The second-order valence-corrected chi connectivity index (χ2v) is 15.5. The van der Waals surface area contributed by atoms with Crippen LogP contribution < -0.4 is 21.7 Å². The monoisotopic (exact) mass is 813 g/mol. The number of piperidine rings is 1. The highest BCUT2D eigenvalue weighted by Crippen LogP contribution is 2.36. The van der Waals surface area contributed by atoms with Gasteiger partial charge >= 0.3 is 11.8 Å². The minimum Gasteiger partial charge on any atom is -0.383 e. The first-order valence-corrected chi connectivity index (χ1v) is 20.3. The van der Waals surface area contributed by atoms with Crippen molar-refractivity contribution in [3.63, 3.8) is 0 Å². The number of nitrogens with two attached hydrogens (primary N) is 2. The van der Waals surface area contributed by atoms with Crippen LogP contribution in [0.15, 0.2) is 53.5 Å². The molecule has 4 aliphatic rings. The van der Waals surface area contributed by atoms with Crippen molar-refractivity contribution in [3.8, 4) is 0 Å². The van der Waals surface area contributed by atoms with Crippen molar-refractivity contribution in [2.75, 3.05) is 54.5 Å². The Labute approximate surface area is 327 Å². The number of halogens is 1. The number of likely N-dealkylation sites (tertiary alicyclic amines) is 1. The molecule has 8 heterocycles. The molecule has 16 heteroatoms. The van der Waals surface area contributed by atoms with E-state index in [0.717, 1.165) is 92.0 Å². The molecule has 290 valence electrons. The van der Waals surface area contributed by atoms with E-state index in [9.17, 15) is 9.59 Å². The van der Waals surface area contributed by atoms with Crippen LogP contribution in [0.2, 0.25) is 0 Å². The van der Waals surface area contributed by atoms with E-state index in [1.807, 2.05) is 4.68 Å². The first-order chi connectivity index (χ1) is 26.9. The van der Waals surface area contributed by atoms with Gasteiger partial charge in [0.1, 0.15) is 17.2 Å². The number of amides is 2. The molecular formula is C39H48BrN11O4. The van der Waals surface area contributed by atoms with Crippen LogP contribution in [0.3, 0.4) is 0 Å². The van der Waals surface area contributed by atoms with Crippen molar-refractivity contribution in [2.45, 2.75) is 89.1 Å². The SMILES string of the molecule is Nc1ncc(Br)c2c1cnn2C1CCCCO1.Nc1ncc(NC(=O)C(=O)N2CCCCC2c2cccc(N3CCCC3)c2)c2c1cnn2C1CCCCO1. The second-order valence-electron chi connectivity index (χ2n) is 14.6. The van der Waals surface area contributed by atoms with Crippen molar-refractivity contribution in [3.05, 3.63) is 59.1 Å². The third-order valence-corrected chi connectivity index (χ3v) is 11.6. The predicted molar refractivity (Wildman–Crippen MR) is 214 cm³/mol. The molecule has 5 N–H and O–H groups in total. The highest BCUT2D eigenvalue weighted by atomic mass is 79.9. The number of carbonyl (C=O) groups excluding carboxylic acids is 2. The summed E-state index contributed by atoms with van der Waals surface area (Å²) in [6, 6.07) is 8.33. The minimum atomic E-state index is -0.683. The van der Waals surface area contributed by atoms with Gasteiger partial charge in [-0.25, -0.2) is 19.3 Å². The molecule has 4 aliphatic heterocycles. The number of carbonyl (C=O) groups is 2. The molecule has 2 amide bonds. The number of benzene rings is 1. The first kappa shape index (κ1) is 37.1. The number of aromatic nitrogens is 6. The fraction of sp³-hybridized carbons (Fsp3) is 0.487. The number of nitrogens with zero attached hydrogens (tertiary/aromatic N) is 8. The number of hydrogen-bond acceptors (Lipinski definition) is 11. The van der Waals surface area contributed by atoms with Gasteiger partial charge in [-0.2, -0.15) is 10.2 Å². The number of pyridine rings is 2. The van der Waals surface area contributed by atoms with Crippen LogP contribution in [0.5, 0.6) is 0 Å². The van der Waals surface area contributed by atoms with Crippen molar-refractivity contribution in [2.24, 2.45) is 0 Å². The summed E-state index contributed by atoms with van der Waals surface area (Å²) in [5.74, 6) is -0.394. The summed E-state index contributed by atoms with van der Waals surface area (Å²) >= 11 is 3.49. The molecule has 9 rings (SSSR count). The quantitative estimate of drug-likeness (QED) is 0.165. The summed E-state index contributed by atoms with van der Waals surface area (Å²) in [7, 11) is 0. The average molecular weight is 815 g/mol. The van der Waals surface area contributed by atoms with Crippen LogP contribution in [0.4, 0.5) is 23.0 Å². The van der Waals surface area contributed by atoms with E-state index in [-0.39, 0.29) is 18.5 Å². The molecule has 0 spiro atoms. The number of rotatable bonds is 5. The summed E-state index contributed by atoms with van der Waals surface area (Å²) in [5.41, 5.74) is 16.2. The number of anilines is 4. The van der Waals surface area contributed by atoms with E-state index in [1.165, 1.54) is 31.1 Å². The lowest BCUT2D eigenvalue weighted by molar-refractivity contribution is -0.145. The van der Waals surface area contributed by atoms with Gasteiger partial charge in [0.25, 0.3) is 0 Å². The summed E-state index contributed by atoms with van der Waals surface area (Å²) in [4.78, 5) is 39.4. The zero-order chi connectivity index (χ0) is 37.9. The molecule has 0 aliphatic carbocycles. The van der Waals surface area contributed by atoms with Crippen molar-refractivity contribution in [1.82, 2.24) is 34.4 Å². The van der Waals surface area contributed by atoms with Gasteiger partial charge in [0.2, 0.25) is 0 Å². The van der Waals surface area contributed by atoms with Crippen molar-refractivity contribution >= 4 is 72.6 Å².